The summed E-state index contributed by atoms with van der Waals surface area (Å²) in [5.74, 6) is 0.357. The van der Waals surface area contributed by atoms with Crippen LogP contribution in [0.25, 0.3) is 0 Å². The summed E-state index contributed by atoms with van der Waals surface area (Å²) in [5, 5.41) is 3.39. The number of nitrogens with zero attached hydrogens (tertiary/aromatic N) is 1. The quantitative estimate of drug-likeness (QED) is 0.870. The van der Waals surface area contributed by atoms with Gasteiger partial charge in [-0.2, -0.15) is 0 Å². The van der Waals surface area contributed by atoms with Gasteiger partial charge in [0.1, 0.15) is 0 Å². The maximum absolute atomic E-state index is 13.3. The molecule has 0 aromatic rings. The Morgan fingerprint density at radius 1 is 1.10 bits per heavy atom. The van der Waals surface area contributed by atoms with Crippen molar-refractivity contribution >= 4 is 5.91 Å². The number of carbonyl (C=O) groups is 1. The van der Waals surface area contributed by atoms with Crippen LogP contribution in [0.3, 0.4) is 0 Å². The third-order valence-corrected chi connectivity index (χ3v) is 4.73. The number of hydrogen-bond acceptors (Lipinski definition) is 3. The van der Waals surface area contributed by atoms with Crippen molar-refractivity contribution in [2.75, 3.05) is 26.2 Å². The summed E-state index contributed by atoms with van der Waals surface area (Å²) in [4.78, 5) is 15.4. The summed E-state index contributed by atoms with van der Waals surface area (Å²) in [6.45, 7) is 13.9. The van der Waals surface area contributed by atoms with E-state index in [9.17, 15) is 4.79 Å². The monoisotopic (exact) mass is 296 g/mol. The molecule has 0 spiro atoms. The molecule has 0 unspecified atom stereocenters. The molecule has 21 heavy (non-hydrogen) atoms. The van der Waals surface area contributed by atoms with Gasteiger partial charge in [-0.3, -0.25) is 4.79 Å². The minimum Gasteiger partial charge on any atom is -0.366 e. The van der Waals surface area contributed by atoms with Crippen molar-refractivity contribution in [2.24, 2.45) is 5.41 Å². The predicted molar refractivity (Wildman–Crippen MR) is 85.3 cm³/mol. The average molecular weight is 296 g/mol. The van der Waals surface area contributed by atoms with Crippen LogP contribution in [-0.2, 0) is 9.53 Å². The highest BCUT2D eigenvalue weighted by atomic mass is 16.5. The van der Waals surface area contributed by atoms with Gasteiger partial charge in [0.15, 0.2) is 0 Å². The largest absolute Gasteiger partial charge is 0.366 e. The number of carbonyl (C=O) groups excluding carboxylic acids is 1. The molecule has 1 N–H and O–H groups in total. The number of ether oxygens (including phenoxy) is 1. The molecule has 4 nitrogen and oxygen atoms in total. The van der Waals surface area contributed by atoms with E-state index in [-0.39, 0.29) is 16.6 Å². The van der Waals surface area contributed by atoms with Crippen molar-refractivity contribution < 1.29 is 9.53 Å². The molecular weight excluding hydrogens is 264 g/mol. The topological polar surface area (TPSA) is 41.6 Å². The van der Waals surface area contributed by atoms with E-state index < -0.39 is 0 Å². The fourth-order valence-electron chi connectivity index (χ4n) is 4.22. The van der Waals surface area contributed by atoms with Gasteiger partial charge in [-0.1, -0.05) is 13.3 Å². The molecule has 0 aliphatic carbocycles. The molecule has 2 saturated heterocycles. The molecule has 2 aliphatic rings. The molecule has 2 fully saturated rings. The average Bonchev–Trinajstić information content (AvgIpc) is 2.35. The van der Waals surface area contributed by atoms with Gasteiger partial charge < -0.3 is 15.0 Å². The van der Waals surface area contributed by atoms with Crippen molar-refractivity contribution in [3.05, 3.63) is 0 Å². The fourth-order valence-corrected chi connectivity index (χ4v) is 4.22. The second-order valence-corrected chi connectivity index (χ2v) is 8.06. The van der Waals surface area contributed by atoms with Crippen LogP contribution < -0.4 is 5.32 Å². The Balaban J connectivity index is 2.20. The zero-order valence-corrected chi connectivity index (χ0v) is 14.4. The molecule has 0 radical (unpaired) electrons. The lowest BCUT2D eigenvalue weighted by Crippen LogP contribution is -2.62. The Bertz CT molecular complexity index is 363. The first kappa shape index (κ1) is 16.8. The lowest BCUT2D eigenvalue weighted by Gasteiger charge is -2.50. The molecule has 4 heteroatoms. The first-order valence-electron chi connectivity index (χ1n) is 8.40. The lowest BCUT2D eigenvalue weighted by molar-refractivity contribution is -0.194. The van der Waals surface area contributed by atoms with Crippen LogP contribution in [0.2, 0.25) is 0 Å². The summed E-state index contributed by atoms with van der Waals surface area (Å²) in [7, 11) is 0. The maximum atomic E-state index is 13.3. The molecule has 0 saturated carbocycles. The highest BCUT2D eigenvalue weighted by Crippen LogP contribution is 2.38. The van der Waals surface area contributed by atoms with E-state index >= 15 is 0 Å². The van der Waals surface area contributed by atoms with Crippen LogP contribution in [0, 0.1) is 5.41 Å². The van der Waals surface area contributed by atoms with Gasteiger partial charge in [0.2, 0.25) is 5.91 Å². The van der Waals surface area contributed by atoms with E-state index in [0.29, 0.717) is 19.0 Å². The SMILES string of the molecule is CCCC1(C(=O)N2CC(C)(C)OC(C)(C)C2)CCNCC1. The number of amides is 1. The van der Waals surface area contributed by atoms with E-state index in [0.717, 1.165) is 38.8 Å². The second kappa shape index (κ2) is 5.88. The molecule has 0 atom stereocenters. The van der Waals surface area contributed by atoms with Gasteiger partial charge in [-0.05, 0) is 60.0 Å². The normalized spacial score (nSPS) is 27.4. The summed E-state index contributed by atoms with van der Waals surface area (Å²) in [5.41, 5.74) is -0.682. The molecule has 2 heterocycles. The standard InChI is InChI=1S/C17H32N2O2/c1-6-7-17(8-10-18-11-9-17)14(20)19-12-15(2,3)21-16(4,5)13-19/h18H,6-13H2,1-5H3. The predicted octanol–water partition coefficient (Wildman–Crippen LogP) is 2.57. The third-order valence-electron chi connectivity index (χ3n) is 4.73. The van der Waals surface area contributed by atoms with Gasteiger partial charge in [0.05, 0.1) is 16.6 Å². The number of hydrogen-bond donors (Lipinski definition) is 1. The van der Waals surface area contributed by atoms with E-state index in [1.807, 2.05) is 0 Å². The van der Waals surface area contributed by atoms with Crippen LogP contribution in [0.5, 0.6) is 0 Å². The Hall–Kier alpha value is -0.610. The Morgan fingerprint density at radius 2 is 1.62 bits per heavy atom. The summed E-state index contributed by atoms with van der Waals surface area (Å²) < 4.78 is 6.12. The smallest absolute Gasteiger partial charge is 0.229 e. The second-order valence-electron chi connectivity index (χ2n) is 8.06. The minimum atomic E-state index is -0.266. The number of rotatable bonds is 3. The molecule has 1 amide bonds. The zero-order valence-electron chi connectivity index (χ0n) is 14.4. The first-order valence-corrected chi connectivity index (χ1v) is 8.40. The zero-order chi connectivity index (χ0) is 15.7. The third kappa shape index (κ3) is 3.78. The van der Waals surface area contributed by atoms with Crippen LogP contribution in [0.4, 0.5) is 0 Å². The minimum absolute atomic E-state index is 0.149. The van der Waals surface area contributed by atoms with Crippen molar-refractivity contribution in [2.45, 2.75) is 71.5 Å². The molecule has 0 bridgehead atoms. The van der Waals surface area contributed by atoms with E-state index in [1.54, 1.807) is 0 Å². The van der Waals surface area contributed by atoms with Gasteiger partial charge >= 0.3 is 0 Å². The molecule has 2 rings (SSSR count). The maximum Gasteiger partial charge on any atom is 0.229 e. The molecular formula is C17H32N2O2. The van der Waals surface area contributed by atoms with Gasteiger partial charge in [0.25, 0.3) is 0 Å². The Morgan fingerprint density at radius 3 is 2.10 bits per heavy atom. The molecule has 2 aliphatic heterocycles. The summed E-state index contributed by atoms with van der Waals surface area (Å²) >= 11 is 0. The van der Waals surface area contributed by atoms with E-state index in [2.05, 4.69) is 44.8 Å². The Labute approximate surface area is 129 Å². The molecule has 0 aromatic carbocycles. The van der Waals surface area contributed by atoms with Crippen molar-refractivity contribution in [1.29, 1.82) is 0 Å². The van der Waals surface area contributed by atoms with Crippen molar-refractivity contribution in [3.63, 3.8) is 0 Å². The highest BCUT2D eigenvalue weighted by Gasteiger charge is 2.46. The Kier molecular flexibility index (Phi) is 4.69. The number of piperidine rings is 1. The van der Waals surface area contributed by atoms with Crippen molar-refractivity contribution in [3.8, 4) is 0 Å². The van der Waals surface area contributed by atoms with Crippen LogP contribution in [0.1, 0.15) is 60.3 Å². The van der Waals surface area contributed by atoms with Crippen LogP contribution >= 0.6 is 0 Å². The summed E-state index contributed by atoms with van der Waals surface area (Å²) in [6, 6.07) is 0. The van der Waals surface area contributed by atoms with Gasteiger partial charge in [0, 0.05) is 13.1 Å². The number of morpholine rings is 1. The molecule has 0 aromatic heterocycles. The fraction of sp³-hybridized carbons (Fsp3) is 0.941. The molecule has 122 valence electrons. The highest BCUT2D eigenvalue weighted by molar-refractivity contribution is 5.83. The lowest BCUT2D eigenvalue weighted by atomic mass is 9.73. The van der Waals surface area contributed by atoms with Gasteiger partial charge in [-0.15, -0.1) is 0 Å². The first-order chi connectivity index (χ1) is 9.70. The van der Waals surface area contributed by atoms with Crippen LogP contribution in [-0.4, -0.2) is 48.2 Å². The number of nitrogens with one attached hydrogen (secondary N) is 1. The van der Waals surface area contributed by atoms with Crippen molar-refractivity contribution in [1.82, 2.24) is 10.2 Å². The van der Waals surface area contributed by atoms with Gasteiger partial charge in [-0.25, -0.2) is 0 Å². The van der Waals surface area contributed by atoms with E-state index in [1.165, 1.54) is 0 Å². The van der Waals surface area contributed by atoms with Crippen LogP contribution in [0.15, 0.2) is 0 Å². The van der Waals surface area contributed by atoms with E-state index in [4.69, 9.17) is 4.74 Å². The summed E-state index contributed by atoms with van der Waals surface area (Å²) in [6.07, 6.45) is 4.02.